The highest BCUT2D eigenvalue weighted by molar-refractivity contribution is 9.10. The van der Waals surface area contributed by atoms with Crippen LogP contribution in [-0.4, -0.2) is 35.3 Å². The molecule has 0 spiro atoms. The topological polar surface area (TPSA) is 90.6 Å². The standard InChI is InChI=1S/C20H27BrN2O4/c1-19(2,3)26-17(24)16(22)15(23-18(25)27-20(4,5)6)12-9-13-7-10-14(21)11-8-13/h7-8,10-11,15-16H,22H2,1-6H3,(H,23,25)/t15-,16+/m0/s1. The highest BCUT2D eigenvalue weighted by atomic mass is 79.9. The number of carbonyl (C=O) groups excluding carboxylic acids is 2. The van der Waals surface area contributed by atoms with E-state index in [-0.39, 0.29) is 0 Å². The third kappa shape index (κ3) is 9.45. The van der Waals surface area contributed by atoms with Gasteiger partial charge in [0, 0.05) is 10.0 Å². The molecule has 0 saturated carbocycles. The van der Waals surface area contributed by atoms with Crippen LogP contribution < -0.4 is 11.1 Å². The SMILES string of the molecule is CC(C)(C)OC(=O)N[C@@H](C#Cc1ccc(Br)cc1)[C@@H](N)C(=O)OC(C)(C)C. The maximum Gasteiger partial charge on any atom is 0.408 e. The number of benzene rings is 1. The van der Waals surface area contributed by atoms with Crippen molar-refractivity contribution in [2.24, 2.45) is 5.73 Å². The van der Waals surface area contributed by atoms with Crippen LogP contribution in [0.4, 0.5) is 4.79 Å². The van der Waals surface area contributed by atoms with E-state index in [4.69, 9.17) is 15.2 Å². The zero-order chi connectivity index (χ0) is 20.8. The van der Waals surface area contributed by atoms with Crippen LogP contribution >= 0.6 is 15.9 Å². The fourth-order valence-corrected chi connectivity index (χ4v) is 2.11. The third-order valence-electron chi connectivity index (χ3n) is 2.93. The Morgan fingerprint density at radius 2 is 1.56 bits per heavy atom. The van der Waals surface area contributed by atoms with E-state index in [0.717, 1.165) is 4.47 Å². The Hall–Kier alpha value is -2.04. The van der Waals surface area contributed by atoms with E-state index < -0.39 is 35.3 Å². The number of ether oxygens (including phenoxy) is 2. The lowest BCUT2D eigenvalue weighted by Gasteiger charge is -2.26. The molecule has 0 heterocycles. The van der Waals surface area contributed by atoms with Gasteiger partial charge in [-0.05, 0) is 65.8 Å². The fraction of sp³-hybridized carbons (Fsp3) is 0.500. The van der Waals surface area contributed by atoms with E-state index in [1.807, 2.05) is 12.1 Å². The highest BCUT2D eigenvalue weighted by Crippen LogP contribution is 2.12. The van der Waals surface area contributed by atoms with Crippen LogP contribution in [0.1, 0.15) is 47.1 Å². The summed E-state index contributed by atoms with van der Waals surface area (Å²) in [5.41, 5.74) is 5.33. The number of nitrogens with two attached hydrogens (primary N) is 1. The molecule has 1 aromatic rings. The van der Waals surface area contributed by atoms with Gasteiger partial charge in [-0.25, -0.2) is 4.79 Å². The van der Waals surface area contributed by atoms with Gasteiger partial charge in [0.1, 0.15) is 23.3 Å². The van der Waals surface area contributed by atoms with Gasteiger partial charge in [0.05, 0.1) is 0 Å². The number of hydrogen-bond donors (Lipinski definition) is 2. The monoisotopic (exact) mass is 438 g/mol. The molecule has 0 fully saturated rings. The molecule has 1 amide bonds. The first-order chi connectivity index (χ1) is 12.3. The Morgan fingerprint density at radius 1 is 1.04 bits per heavy atom. The Labute approximate surface area is 169 Å². The molecule has 0 aromatic heterocycles. The molecule has 0 aliphatic carbocycles. The number of nitrogens with one attached hydrogen (secondary N) is 1. The van der Waals surface area contributed by atoms with Gasteiger partial charge in [-0.2, -0.15) is 0 Å². The molecule has 2 atom stereocenters. The first kappa shape index (κ1) is 23.0. The summed E-state index contributed by atoms with van der Waals surface area (Å²) in [7, 11) is 0. The van der Waals surface area contributed by atoms with Gasteiger partial charge in [-0.3, -0.25) is 4.79 Å². The number of alkyl carbamates (subject to hydrolysis) is 1. The minimum Gasteiger partial charge on any atom is -0.459 e. The Kier molecular flexibility index (Phi) is 7.88. The van der Waals surface area contributed by atoms with Gasteiger partial charge >= 0.3 is 12.1 Å². The molecule has 1 aromatic carbocycles. The maximum atomic E-state index is 12.3. The van der Waals surface area contributed by atoms with Gasteiger partial charge in [0.2, 0.25) is 0 Å². The third-order valence-corrected chi connectivity index (χ3v) is 3.46. The Bertz CT molecular complexity index is 722. The predicted molar refractivity (Wildman–Crippen MR) is 108 cm³/mol. The average Bonchev–Trinajstić information content (AvgIpc) is 2.48. The quantitative estimate of drug-likeness (QED) is 0.557. The minimum atomic E-state index is -1.17. The Morgan fingerprint density at radius 3 is 2.04 bits per heavy atom. The van der Waals surface area contributed by atoms with Gasteiger partial charge < -0.3 is 20.5 Å². The van der Waals surface area contributed by atoms with Crippen LogP contribution in [0.3, 0.4) is 0 Å². The molecule has 1 rings (SSSR count). The normalized spacial score (nSPS) is 13.6. The summed E-state index contributed by atoms with van der Waals surface area (Å²) < 4.78 is 11.5. The van der Waals surface area contributed by atoms with E-state index >= 15 is 0 Å². The summed E-state index contributed by atoms with van der Waals surface area (Å²) in [6.07, 6.45) is -0.711. The summed E-state index contributed by atoms with van der Waals surface area (Å²) in [4.78, 5) is 24.4. The summed E-state index contributed by atoms with van der Waals surface area (Å²) in [5, 5.41) is 2.55. The summed E-state index contributed by atoms with van der Waals surface area (Å²) in [6, 6.07) is 5.15. The average molecular weight is 439 g/mol. The van der Waals surface area contributed by atoms with Gasteiger partial charge in [0.15, 0.2) is 0 Å². The second-order valence-electron chi connectivity index (χ2n) is 7.96. The summed E-state index contributed by atoms with van der Waals surface area (Å²) in [5.74, 6) is 5.09. The molecule has 27 heavy (non-hydrogen) atoms. The van der Waals surface area contributed by atoms with Gasteiger partial charge in [0.25, 0.3) is 0 Å². The fourth-order valence-electron chi connectivity index (χ4n) is 1.85. The van der Waals surface area contributed by atoms with Crippen molar-refractivity contribution in [2.75, 3.05) is 0 Å². The second-order valence-corrected chi connectivity index (χ2v) is 8.88. The largest absolute Gasteiger partial charge is 0.459 e. The zero-order valence-corrected chi connectivity index (χ0v) is 18.1. The second kappa shape index (κ2) is 9.25. The number of carbonyl (C=O) groups is 2. The van der Waals surface area contributed by atoms with Crippen molar-refractivity contribution in [2.45, 2.75) is 64.8 Å². The van der Waals surface area contributed by atoms with Crippen molar-refractivity contribution in [1.29, 1.82) is 0 Å². The first-order valence-electron chi connectivity index (χ1n) is 8.52. The molecule has 0 aliphatic rings. The number of rotatable bonds is 3. The zero-order valence-electron chi connectivity index (χ0n) is 16.6. The molecular formula is C20H27BrN2O4. The number of amides is 1. The van der Waals surface area contributed by atoms with E-state index in [9.17, 15) is 9.59 Å². The molecule has 148 valence electrons. The maximum absolute atomic E-state index is 12.3. The highest BCUT2D eigenvalue weighted by Gasteiger charge is 2.30. The molecule has 0 aliphatic heterocycles. The Balaban J connectivity index is 3.03. The van der Waals surface area contributed by atoms with E-state index in [2.05, 4.69) is 33.1 Å². The molecule has 6 nitrogen and oxygen atoms in total. The van der Waals surface area contributed by atoms with Crippen LogP contribution in [0.5, 0.6) is 0 Å². The summed E-state index contributed by atoms with van der Waals surface area (Å²) >= 11 is 3.35. The van der Waals surface area contributed by atoms with Crippen LogP contribution in [0, 0.1) is 11.8 Å². The number of hydrogen-bond acceptors (Lipinski definition) is 5. The smallest absolute Gasteiger partial charge is 0.408 e. The number of esters is 1. The molecule has 0 bridgehead atoms. The van der Waals surface area contributed by atoms with E-state index in [1.54, 1.807) is 53.7 Å². The lowest BCUT2D eigenvalue weighted by atomic mass is 10.1. The molecule has 0 radical (unpaired) electrons. The van der Waals surface area contributed by atoms with Crippen molar-refractivity contribution < 1.29 is 19.1 Å². The van der Waals surface area contributed by atoms with Crippen molar-refractivity contribution in [3.05, 3.63) is 34.3 Å². The van der Waals surface area contributed by atoms with E-state index in [1.165, 1.54) is 0 Å². The molecule has 3 N–H and O–H groups in total. The van der Waals surface area contributed by atoms with Crippen LogP contribution in [0.15, 0.2) is 28.7 Å². The van der Waals surface area contributed by atoms with Gasteiger partial charge in [-0.1, -0.05) is 27.8 Å². The van der Waals surface area contributed by atoms with Crippen LogP contribution in [-0.2, 0) is 14.3 Å². The number of halogens is 1. The lowest BCUT2D eigenvalue weighted by molar-refractivity contribution is -0.156. The van der Waals surface area contributed by atoms with E-state index in [0.29, 0.717) is 5.56 Å². The van der Waals surface area contributed by atoms with Crippen molar-refractivity contribution >= 4 is 28.0 Å². The molecular weight excluding hydrogens is 412 g/mol. The molecule has 7 heteroatoms. The molecule has 0 saturated heterocycles. The van der Waals surface area contributed by atoms with Gasteiger partial charge in [-0.15, -0.1) is 0 Å². The molecule has 0 unspecified atom stereocenters. The lowest BCUT2D eigenvalue weighted by Crippen LogP contribution is -2.53. The van der Waals surface area contributed by atoms with Crippen molar-refractivity contribution in [3.63, 3.8) is 0 Å². The van der Waals surface area contributed by atoms with Crippen molar-refractivity contribution in [1.82, 2.24) is 5.32 Å². The van der Waals surface area contributed by atoms with Crippen LogP contribution in [0.2, 0.25) is 0 Å². The minimum absolute atomic E-state index is 0.659. The summed E-state index contributed by atoms with van der Waals surface area (Å²) in [6.45, 7) is 10.4. The predicted octanol–water partition coefficient (Wildman–Crippen LogP) is 3.36. The first-order valence-corrected chi connectivity index (χ1v) is 9.31. The van der Waals surface area contributed by atoms with Crippen LogP contribution in [0.25, 0.3) is 0 Å². The van der Waals surface area contributed by atoms with Crippen molar-refractivity contribution in [3.8, 4) is 11.8 Å².